The van der Waals surface area contributed by atoms with E-state index in [0.717, 1.165) is 18.8 Å². The van der Waals surface area contributed by atoms with Crippen LogP contribution >= 0.6 is 7.82 Å². The summed E-state index contributed by atoms with van der Waals surface area (Å²) >= 11 is 0. The first-order valence-corrected chi connectivity index (χ1v) is 9.08. The van der Waals surface area contributed by atoms with E-state index in [9.17, 15) is 4.57 Å². The van der Waals surface area contributed by atoms with Gasteiger partial charge in [0.25, 0.3) is 0 Å². The third-order valence-corrected chi connectivity index (χ3v) is 5.48. The average Bonchev–Trinajstić information content (AvgIpc) is 3.06. The number of hydrogen-bond donors (Lipinski definition) is 0. The quantitative estimate of drug-likeness (QED) is 0.516. The second-order valence-electron chi connectivity index (χ2n) is 5.48. The van der Waals surface area contributed by atoms with Crippen molar-refractivity contribution in [1.82, 2.24) is 0 Å². The Morgan fingerprint density at radius 1 is 1.19 bits per heavy atom. The van der Waals surface area contributed by atoms with Gasteiger partial charge in [-0.3, -0.25) is 13.6 Å². The van der Waals surface area contributed by atoms with Crippen LogP contribution in [0, 0.1) is 0 Å². The Bertz CT molecular complexity index is 475. The van der Waals surface area contributed by atoms with Crippen LogP contribution in [0.2, 0.25) is 0 Å². The lowest BCUT2D eigenvalue weighted by atomic mass is 9.95. The molecule has 0 atom stereocenters. The third-order valence-electron chi connectivity index (χ3n) is 4.08. The van der Waals surface area contributed by atoms with Crippen LogP contribution in [0.5, 0.6) is 0 Å². The van der Waals surface area contributed by atoms with Gasteiger partial charge < -0.3 is 0 Å². The molecule has 0 radical (unpaired) electrons. The van der Waals surface area contributed by atoms with Gasteiger partial charge in [0.15, 0.2) is 0 Å². The van der Waals surface area contributed by atoms with E-state index in [2.05, 4.69) is 24.3 Å². The van der Waals surface area contributed by atoms with Gasteiger partial charge in [0.05, 0.1) is 6.61 Å². The summed E-state index contributed by atoms with van der Waals surface area (Å²) in [4.78, 5) is 0. The molecule has 4 nitrogen and oxygen atoms in total. The molecule has 2 rings (SSSR count). The first kappa shape index (κ1) is 16.7. The van der Waals surface area contributed by atoms with E-state index in [-0.39, 0.29) is 0 Å². The molecule has 0 saturated heterocycles. The summed E-state index contributed by atoms with van der Waals surface area (Å²) in [6.07, 6.45) is 7.05. The van der Waals surface area contributed by atoms with Crippen molar-refractivity contribution < 1.29 is 18.1 Å². The van der Waals surface area contributed by atoms with E-state index in [0.29, 0.717) is 6.61 Å². The van der Waals surface area contributed by atoms with Crippen LogP contribution in [0.1, 0.15) is 49.1 Å². The standard InChI is InChI=1S/C16H25O4P/c1-18-21(17,19-2)20-12-6-8-14-7-5-11-16(13-14)15-9-3-4-10-15/h5,7,11,13,15H,3-4,6,8-10,12H2,1-2H3. The molecule has 0 aromatic heterocycles. The first-order chi connectivity index (χ1) is 10.2. The van der Waals surface area contributed by atoms with Crippen LogP contribution in [-0.2, 0) is 24.6 Å². The molecule has 1 aliphatic carbocycles. The van der Waals surface area contributed by atoms with Crippen molar-refractivity contribution in [3.8, 4) is 0 Å². The largest absolute Gasteiger partial charge is 0.474 e. The number of aryl methyl sites for hydroxylation is 1. The minimum atomic E-state index is -3.33. The molecular weight excluding hydrogens is 287 g/mol. The van der Waals surface area contributed by atoms with Crippen LogP contribution in [-0.4, -0.2) is 20.8 Å². The fourth-order valence-corrected chi connectivity index (χ4v) is 3.61. The van der Waals surface area contributed by atoms with Crippen LogP contribution in [0.4, 0.5) is 0 Å². The van der Waals surface area contributed by atoms with Crippen LogP contribution in [0.25, 0.3) is 0 Å². The molecule has 0 spiro atoms. The molecule has 1 saturated carbocycles. The van der Waals surface area contributed by atoms with E-state index in [4.69, 9.17) is 13.6 Å². The lowest BCUT2D eigenvalue weighted by Gasteiger charge is -2.13. The summed E-state index contributed by atoms with van der Waals surface area (Å²) in [7, 11) is -0.672. The van der Waals surface area contributed by atoms with E-state index in [1.165, 1.54) is 51.0 Å². The van der Waals surface area contributed by atoms with Gasteiger partial charge in [0.2, 0.25) is 0 Å². The molecule has 118 valence electrons. The van der Waals surface area contributed by atoms with E-state index in [1.807, 2.05) is 0 Å². The van der Waals surface area contributed by atoms with Crippen LogP contribution in [0.3, 0.4) is 0 Å². The molecule has 0 heterocycles. The van der Waals surface area contributed by atoms with Crippen molar-refractivity contribution in [3.05, 3.63) is 35.4 Å². The number of phosphoric ester groups is 1. The summed E-state index contributed by atoms with van der Waals surface area (Å²) in [5.41, 5.74) is 2.78. The molecule has 1 aromatic rings. The molecule has 1 fully saturated rings. The second kappa shape index (κ2) is 8.09. The Hall–Kier alpha value is -0.670. The Morgan fingerprint density at radius 2 is 1.90 bits per heavy atom. The number of hydrogen-bond acceptors (Lipinski definition) is 4. The summed E-state index contributed by atoms with van der Waals surface area (Å²) < 4.78 is 26.4. The highest BCUT2D eigenvalue weighted by atomic mass is 31.2. The number of benzene rings is 1. The predicted molar refractivity (Wildman–Crippen MR) is 83.5 cm³/mol. The molecule has 0 aliphatic heterocycles. The van der Waals surface area contributed by atoms with Crippen LogP contribution in [0.15, 0.2) is 24.3 Å². The van der Waals surface area contributed by atoms with Gasteiger partial charge >= 0.3 is 7.82 Å². The zero-order chi connectivity index (χ0) is 15.1. The summed E-state index contributed by atoms with van der Waals surface area (Å²) in [6.45, 7) is 0.368. The normalized spacial score (nSPS) is 16.5. The maximum atomic E-state index is 11.7. The van der Waals surface area contributed by atoms with Crippen molar-refractivity contribution in [1.29, 1.82) is 0 Å². The average molecular weight is 312 g/mol. The van der Waals surface area contributed by atoms with Gasteiger partial charge in [-0.2, -0.15) is 0 Å². The Morgan fingerprint density at radius 3 is 2.57 bits per heavy atom. The molecular formula is C16H25O4P. The van der Waals surface area contributed by atoms with Gasteiger partial charge in [0.1, 0.15) is 0 Å². The predicted octanol–water partition coefficient (Wildman–Crippen LogP) is 4.69. The second-order valence-corrected chi connectivity index (χ2v) is 7.36. The van der Waals surface area contributed by atoms with Gasteiger partial charge in [-0.25, -0.2) is 4.57 Å². The van der Waals surface area contributed by atoms with Crippen molar-refractivity contribution in [2.75, 3.05) is 20.8 Å². The molecule has 5 heteroatoms. The van der Waals surface area contributed by atoms with Gasteiger partial charge in [-0.05, 0) is 42.7 Å². The minimum Gasteiger partial charge on any atom is -0.290 e. The maximum Gasteiger partial charge on any atom is 0.474 e. The maximum absolute atomic E-state index is 11.7. The third kappa shape index (κ3) is 4.93. The summed E-state index contributed by atoms with van der Waals surface area (Å²) in [5, 5.41) is 0. The Balaban J connectivity index is 1.81. The van der Waals surface area contributed by atoms with Crippen LogP contribution < -0.4 is 0 Å². The Kier molecular flexibility index (Phi) is 6.43. The van der Waals surface area contributed by atoms with Crippen molar-refractivity contribution in [3.63, 3.8) is 0 Å². The van der Waals surface area contributed by atoms with E-state index in [1.54, 1.807) is 0 Å². The van der Waals surface area contributed by atoms with Crippen molar-refractivity contribution >= 4 is 7.82 Å². The summed E-state index contributed by atoms with van der Waals surface area (Å²) in [6, 6.07) is 8.83. The van der Waals surface area contributed by atoms with E-state index < -0.39 is 7.82 Å². The molecule has 0 bridgehead atoms. The topological polar surface area (TPSA) is 44.8 Å². The highest BCUT2D eigenvalue weighted by Crippen LogP contribution is 2.47. The molecule has 1 aliphatic rings. The lowest BCUT2D eigenvalue weighted by molar-refractivity contribution is 0.151. The monoisotopic (exact) mass is 312 g/mol. The molecule has 21 heavy (non-hydrogen) atoms. The minimum absolute atomic E-state index is 0.368. The number of rotatable bonds is 8. The summed E-state index contributed by atoms with van der Waals surface area (Å²) in [5.74, 6) is 0.739. The van der Waals surface area contributed by atoms with Crippen molar-refractivity contribution in [2.24, 2.45) is 0 Å². The van der Waals surface area contributed by atoms with Gasteiger partial charge in [-0.1, -0.05) is 37.1 Å². The fraction of sp³-hybridized carbons (Fsp3) is 0.625. The highest BCUT2D eigenvalue weighted by molar-refractivity contribution is 7.48. The first-order valence-electron chi connectivity index (χ1n) is 7.62. The smallest absolute Gasteiger partial charge is 0.290 e. The zero-order valence-corrected chi connectivity index (χ0v) is 13.8. The van der Waals surface area contributed by atoms with Gasteiger partial charge in [-0.15, -0.1) is 0 Å². The fourth-order valence-electron chi connectivity index (χ4n) is 2.89. The molecule has 0 amide bonds. The van der Waals surface area contributed by atoms with Gasteiger partial charge in [0, 0.05) is 14.2 Å². The molecule has 1 aromatic carbocycles. The highest BCUT2D eigenvalue weighted by Gasteiger charge is 2.22. The Labute approximate surface area is 127 Å². The zero-order valence-electron chi connectivity index (χ0n) is 12.9. The number of phosphoric acid groups is 1. The van der Waals surface area contributed by atoms with Crippen molar-refractivity contribution in [2.45, 2.75) is 44.4 Å². The molecule has 0 unspecified atom stereocenters. The lowest BCUT2D eigenvalue weighted by Crippen LogP contribution is -1.99. The SMILES string of the molecule is COP(=O)(OC)OCCCc1cccc(C2CCCC2)c1. The van der Waals surface area contributed by atoms with E-state index >= 15 is 0 Å². The molecule has 0 N–H and O–H groups in total.